The zero-order chi connectivity index (χ0) is 14.7. The van der Waals surface area contributed by atoms with E-state index in [1.807, 2.05) is 0 Å². The Hall–Kier alpha value is -1.96. The predicted molar refractivity (Wildman–Crippen MR) is 69.9 cm³/mol. The largest absolute Gasteiger partial charge is 0.505 e. The molecule has 0 saturated carbocycles. The van der Waals surface area contributed by atoms with Crippen molar-refractivity contribution in [2.45, 2.75) is 26.7 Å². The van der Waals surface area contributed by atoms with Gasteiger partial charge in [0.25, 0.3) is 0 Å². The van der Waals surface area contributed by atoms with Crippen molar-refractivity contribution < 1.29 is 23.8 Å². The highest BCUT2D eigenvalue weighted by atomic mass is 16.6. The van der Waals surface area contributed by atoms with Gasteiger partial charge in [0.05, 0.1) is 26.6 Å². The van der Waals surface area contributed by atoms with E-state index in [4.69, 9.17) is 20.6 Å². The minimum atomic E-state index is -1.50. The molecule has 0 atom stereocenters. The van der Waals surface area contributed by atoms with Gasteiger partial charge in [-0.15, -0.1) is 12.3 Å². The SMILES string of the molecule is C#CCC(C/C=C\OC)(C(=O)OCC)C(=O)OCC. The maximum Gasteiger partial charge on any atom is 0.324 e. The van der Waals surface area contributed by atoms with E-state index < -0.39 is 17.4 Å². The van der Waals surface area contributed by atoms with Gasteiger partial charge < -0.3 is 14.2 Å². The Kier molecular flexibility index (Phi) is 8.10. The Labute approximate surface area is 113 Å². The fourth-order valence-corrected chi connectivity index (χ4v) is 1.52. The predicted octanol–water partition coefficient (Wildman–Crippen LogP) is 1.67. The van der Waals surface area contributed by atoms with Crippen LogP contribution in [-0.2, 0) is 23.8 Å². The van der Waals surface area contributed by atoms with Gasteiger partial charge >= 0.3 is 11.9 Å². The molecule has 0 amide bonds. The number of esters is 2. The van der Waals surface area contributed by atoms with Crippen molar-refractivity contribution in [3.63, 3.8) is 0 Å². The second kappa shape index (κ2) is 9.03. The lowest BCUT2D eigenvalue weighted by Gasteiger charge is -2.26. The van der Waals surface area contributed by atoms with E-state index in [2.05, 4.69) is 5.92 Å². The fraction of sp³-hybridized carbons (Fsp3) is 0.571. The van der Waals surface area contributed by atoms with Crippen LogP contribution in [-0.4, -0.2) is 32.3 Å². The second-order valence-electron chi connectivity index (χ2n) is 3.72. The molecule has 5 heteroatoms. The first-order chi connectivity index (χ1) is 9.08. The van der Waals surface area contributed by atoms with Gasteiger partial charge in [-0.05, 0) is 26.3 Å². The van der Waals surface area contributed by atoms with Gasteiger partial charge in [-0.3, -0.25) is 9.59 Å². The molecule has 0 N–H and O–H groups in total. The minimum absolute atomic E-state index is 0.0721. The van der Waals surface area contributed by atoms with Gasteiger partial charge in [-0.1, -0.05) is 0 Å². The summed E-state index contributed by atoms with van der Waals surface area (Å²) in [4.78, 5) is 24.1. The molecular formula is C14H20O5. The fourth-order valence-electron chi connectivity index (χ4n) is 1.52. The number of carbonyl (C=O) groups is 2. The van der Waals surface area contributed by atoms with E-state index >= 15 is 0 Å². The standard InChI is InChI=1S/C14H20O5/c1-5-9-14(10-8-11-17-4,12(15)18-6-2)13(16)19-7-3/h1,8,11H,6-7,9-10H2,2-4H3/b11-8-. The highest BCUT2D eigenvalue weighted by Gasteiger charge is 2.47. The molecule has 0 radical (unpaired) electrons. The molecule has 0 aromatic rings. The molecule has 0 heterocycles. The molecule has 0 aliphatic carbocycles. The summed E-state index contributed by atoms with van der Waals surface area (Å²) in [5.41, 5.74) is -1.50. The highest BCUT2D eigenvalue weighted by molar-refractivity contribution is 6.00. The van der Waals surface area contributed by atoms with Crippen LogP contribution in [0.15, 0.2) is 12.3 Å². The van der Waals surface area contributed by atoms with Crippen molar-refractivity contribution in [2.75, 3.05) is 20.3 Å². The molecule has 0 aromatic carbocycles. The van der Waals surface area contributed by atoms with E-state index in [1.165, 1.54) is 13.4 Å². The van der Waals surface area contributed by atoms with Crippen molar-refractivity contribution in [3.8, 4) is 12.3 Å². The number of ether oxygens (including phenoxy) is 3. The van der Waals surface area contributed by atoms with Crippen LogP contribution in [0, 0.1) is 17.8 Å². The Morgan fingerprint density at radius 1 is 1.21 bits per heavy atom. The first-order valence-electron chi connectivity index (χ1n) is 6.04. The van der Waals surface area contributed by atoms with Gasteiger partial charge in [-0.2, -0.15) is 0 Å². The van der Waals surface area contributed by atoms with Crippen molar-refractivity contribution in [3.05, 3.63) is 12.3 Å². The first kappa shape index (κ1) is 17.0. The van der Waals surface area contributed by atoms with E-state index in [-0.39, 0.29) is 26.1 Å². The molecule has 0 aliphatic rings. The maximum atomic E-state index is 12.1. The van der Waals surface area contributed by atoms with Crippen LogP contribution >= 0.6 is 0 Å². The smallest absolute Gasteiger partial charge is 0.324 e. The number of allylic oxidation sites excluding steroid dienone is 1. The van der Waals surface area contributed by atoms with E-state index in [0.717, 1.165) is 0 Å². The molecule has 0 unspecified atom stereocenters. The van der Waals surface area contributed by atoms with Crippen LogP contribution in [0.3, 0.4) is 0 Å². The van der Waals surface area contributed by atoms with Gasteiger partial charge in [0.2, 0.25) is 0 Å². The third kappa shape index (κ3) is 4.66. The van der Waals surface area contributed by atoms with E-state index in [9.17, 15) is 9.59 Å². The van der Waals surface area contributed by atoms with Gasteiger partial charge in [0.1, 0.15) is 0 Å². The quantitative estimate of drug-likeness (QED) is 0.290. The summed E-state index contributed by atoms with van der Waals surface area (Å²) < 4.78 is 14.7. The molecule has 0 bridgehead atoms. The summed E-state index contributed by atoms with van der Waals surface area (Å²) in [6.07, 6.45) is 8.18. The second-order valence-corrected chi connectivity index (χ2v) is 3.72. The monoisotopic (exact) mass is 268 g/mol. The molecule has 0 saturated heterocycles. The number of rotatable bonds is 8. The lowest BCUT2D eigenvalue weighted by Crippen LogP contribution is -2.41. The summed E-state index contributed by atoms with van der Waals surface area (Å²) in [5.74, 6) is 0.990. The first-order valence-corrected chi connectivity index (χ1v) is 6.04. The van der Waals surface area contributed by atoms with Crippen molar-refractivity contribution in [2.24, 2.45) is 5.41 Å². The van der Waals surface area contributed by atoms with Crippen molar-refractivity contribution >= 4 is 11.9 Å². The Morgan fingerprint density at radius 3 is 2.11 bits per heavy atom. The summed E-state index contributed by atoms with van der Waals surface area (Å²) in [6.45, 7) is 3.65. The number of terminal acetylenes is 1. The molecule has 106 valence electrons. The lowest BCUT2D eigenvalue weighted by atomic mass is 9.81. The van der Waals surface area contributed by atoms with Crippen molar-refractivity contribution in [1.82, 2.24) is 0 Å². The van der Waals surface area contributed by atoms with Gasteiger partial charge in [0, 0.05) is 6.42 Å². The van der Waals surface area contributed by atoms with E-state index in [1.54, 1.807) is 19.9 Å². The molecule has 0 spiro atoms. The Balaban J connectivity index is 5.33. The van der Waals surface area contributed by atoms with Gasteiger partial charge in [-0.25, -0.2) is 0 Å². The van der Waals surface area contributed by atoms with Crippen LogP contribution < -0.4 is 0 Å². The highest BCUT2D eigenvalue weighted by Crippen LogP contribution is 2.31. The molecule has 0 rings (SSSR count). The Bertz CT molecular complexity index is 347. The summed E-state index contributed by atoms with van der Waals surface area (Å²) in [6, 6.07) is 0. The molecular weight excluding hydrogens is 248 g/mol. The van der Waals surface area contributed by atoms with Crippen molar-refractivity contribution in [1.29, 1.82) is 0 Å². The van der Waals surface area contributed by atoms with Crippen LogP contribution in [0.25, 0.3) is 0 Å². The normalized spacial score (nSPS) is 10.8. The molecule has 0 aromatic heterocycles. The molecule has 5 nitrogen and oxygen atoms in total. The maximum absolute atomic E-state index is 12.1. The topological polar surface area (TPSA) is 61.8 Å². The zero-order valence-corrected chi connectivity index (χ0v) is 11.6. The Morgan fingerprint density at radius 2 is 1.74 bits per heavy atom. The van der Waals surface area contributed by atoms with Crippen LogP contribution in [0.1, 0.15) is 26.7 Å². The number of carbonyl (C=O) groups excluding carboxylic acids is 2. The third-order valence-corrected chi connectivity index (χ3v) is 2.43. The summed E-state index contributed by atoms with van der Waals surface area (Å²) >= 11 is 0. The molecule has 0 aliphatic heterocycles. The lowest BCUT2D eigenvalue weighted by molar-refractivity contribution is -0.171. The average molecular weight is 268 g/mol. The third-order valence-electron chi connectivity index (χ3n) is 2.43. The van der Waals surface area contributed by atoms with Crippen LogP contribution in [0.2, 0.25) is 0 Å². The molecule has 0 fully saturated rings. The number of hydrogen-bond acceptors (Lipinski definition) is 5. The average Bonchev–Trinajstić information content (AvgIpc) is 2.38. The number of hydrogen-bond donors (Lipinski definition) is 0. The van der Waals surface area contributed by atoms with E-state index in [0.29, 0.717) is 0 Å². The molecule has 19 heavy (non-hydrogen) atoms. The minimum Gasteiger partial charge on any atom is -0.505 e. The summed E-state index contributed by atoms with van der Waals surface area (Å²) in [5, 5.41) is 0. The van der Waals surface area contributed by atoms with Gasteiger partial charge in [0.15, 0.2) is 5.41 Å². The van der Waals surface area contributed by atoms with Crippen LogP contribution in [0.5, 0.6) is 0 Å². The number of methoxy groups -OCH3 is 1. The summed E-state index contributed by atoms with van der Waals surface area (Å²) in [7, 11) is 1.47. The zero-order valence-electron chi connectivity index (χ0n) is 11.6. The van der Waals surface area contributed by atoms with Crippen LogP contribution in [0.4, 0.5) is 0 Å².